The Balaban J connectivity index is 1.92. The zero-order valence-electron chi connectivity index (χ0n) is 12.6. The van der Waals surface area contributed by atoms with Crippen molar-refractivity contribution in [2.75, 3.05) is 25.0 Å². The smallest absolute Gasteiger partial charge is 0.144 e. The van der Waals surface area contributed by atoms with Crippen molar-refractivity contribution in [3.63, 3.8) is 0 Å². The Hall–Kier alpha value is -1.60. The van der Waals surface area contributed by atoms with Crippen LogP contribution in [0.2, 0.25) is 0 Å². The number of likely N-dealkylation sites (tertiary alicyclic amines) is 1. The molecule has 0 amide bonds. The fourth-order valence-electron chi connectivity index (χ4n) is 3.22. The molecule has 0 aliphatic carbocycles. The highest BCUT2D eigenvalue weighted by molar-refractivity contribution is 5.51. The summed E-state index contributed by atoms with van der Waals surface area (Å²) < 4.78 is 0. The molecule has 3 unspecified atom stereocenters. The van der Waals surface area contributed by atoms with Gasteiger partial charge in [-0.05, 0) is 37.3 Å². The minimum Gasteiger partial charge on any atom is -0.365 e. The molecule has 20 heavy (non-hydrogen) atoms. The average Bonchev–Trinajstić information content (AvgIpc) is 2.37. The van der Waals surface area contributed by atoms with Gasteiger partial charge in [-0.2, -0.15) is 5.26 Å². The van der Waals surface area contributed by atoms with Crippen LogP contribution in [0, 0.1) is 23.2 Å². The quantitative estimate of drug-likeness (QED) is 0.915. The van der Waals surface area contributed by atoms with Crippen LogP contribution < -0.4 is 5.32 Å². The van der Waals surface area contributed by atoms with E-state index < -0.39 is 0 Å². The van der Waals surface area contributed by atoms with Crippen LogP contribution in [0.5, 0.6) is 0 Å². The predicted octanol–water partition coefficient (Wildman–Crippen LogP) is 2.73. The maximum Gasteiger partial charge on any atom is 0.144 e. The Morgan fingerprint density at radius 2 is 2.15 bits per heavy atom. The van der Waals surface area contributed by atoms with Crippen LogP contribution in [-0.4, -0.2) is 35.6 Å². The van der Waals surface area contributed by atoms with Gasteiger partial charge in [-0.25, -0.2) is 4.98 Å². The first-order chi connectivity index (χ1) is 9.58. The van der Waals surface area contributed by atoms with Crippen molar-refractivity contribution in [3.8, 4) is 6.07 Å². The lowest BCUT2D eigenvalue weighted by molar-refractivity contribution is 0.138. The molecule has 1 saturated heterocycles. The first kappa shape index (κ1) is 14.8. The fraction of sp³-hybridized carbons (Fsp3) is 0.625. The van der Waals surface area contributed by atoms with Crippen molar-refractivity contribution >= 4 is 5.82 Å². The number of nitrogens with zero attached hydrogens (tertiary/aromatic N) is 3. The van der Waals surface area contributed by atoms with Crippen LogP contribution in [0.3, 0.4) is 0 Å². The Morgan fingerprint density at radius 1 is 1.45 bits per heavy atom. The van der Waals surface area contributed by atoms with E-state index in [1.54, 1.807) is 18.3 Å². The lowest BCUT2D eigenvalue weighted by Gasteiger charge is -2.36. The first-order valence-corrected chi connectivity index (χ1v) is 7.42. The van der Waals surface area contributed by atoms with E-state index in [-0.39, 0.29) is 6.04 Å². The molecule has 0 saturated carbocycles. The standard InChI is InChI=1S/C16H24N4/c1-12-7-13(2)10-20(9-12)11-14(3)19-16-15(8-17)5-4-6-18-16/h4-6,12-14H,7,9-11H2,1-3H3,(H,18,19). The number of pyridine rings is 1. The molecular formula is C16H24N4. The second-order valence-corrected chi connectivity index (χ2v) is 6.22. The van der Waals surface area contributed by atoms with Crippen molar-refractivity contribution in [1.82, 2.24) is 9.88 Å². The van der Waals surface area contributed by atoms with Crippen LogP contribution in [0.1, 0.15) is 32.8 Å². The molecule has 4 nitrogen and oxygen atoms in total. The predicted molar refractivity (Wildman–Crippen MR) is 81.4 cm³/mol. The van der Waals surface area contributed by atoms with E-state index in [2.05, 4.69) is 42.0 Å². The number of hydrogen-bond donors (Lipinski definition) is 1. The van der Waals surface area contributed by atoms with Crippen LogP contribution in [0.4, 0.5) is 5.82 Å². The van der Waals surface area contributed by atoms with Gasteiger partial charge in [0.2, 0.25) is 0 Å². The van der Waals surface area contributed by atoms with Gasteiger partial charge in [-0.1, -0.05) is 13.8 Å². The largest absolute Gasteiger partial charge is 0.365 e. The van der Waals surface area contributed by atoms with E-state index in [1.807, 2.05) is 0 Å². The molecule has 1 aliphatic heterocycles. The lowest BCUT2D eigenvalue weighted by Crippen LogP contribution is -2.43. The minimum absolute atomic E-state index is 0.287. The summed E-state index contributed by atoms with van der Waals surface area (Å²) in [5.41, 5.74) is 0.611. The highest BCUT2D eigenvalue weighted by atomic mass is 15.2. The molecule has 2 rings (SSSR count). The maximum absolute atomic E-state index is 9.08. The minimum atomic E-state index is 0.287. The molecule has 3 atom stereocenters. The molecule has 0 spiro atoms. The third kappa shape index (κ3) is 3.94. The number of piperidine rings is 1. The number of nitrogens with one attached hydrogen (secondary N) is 1. The molecule has 1 aromatic rings. The topological polar surface area (TPSA) is 52.0 Å². The summed E-state index contributed by atoms with van der Waals surface area (Å²) in [5, 5.41) is 12.4. The normalized spacial score (nSPS) is 24.9. The van der Waals surface area contributed by atoms with Crippen molar-refractivity contribution in [1.29, 1.82) is 5.26 Å². The fourth-order valence-corrected chi connectivity index (χ4v) is 3.22. The summed E-state index contributed by atoms with van der Waals surface area (Å²) in [5.74, 6) is 2.24. The Kier molecular flexibility index (Phi) is 4.97. The van der Waals surface area contributed by atoms with E-state index in [9.17, 15) is 0 Å². The Morgan fingerprint density at radius 3 is 2.80 bits per heavy atom. The molecule has 2 heterocycles. The van der Waals surface area contributed by atoms with E-state index >= 15 is 0 Å². The number of aromatic nitrogens is 1. The molecule has 0 radical (unpaired) electrons. The molecule has 1 aliphatic rings. The Labute approximate surface area is 121 Å². The van der Waals surface area contributed by atoms with E-state index in [0.29, 0.717) is 11.4 Å². The molecule has 108 valence electrons. The zero-order valence-corrected chi connectivity index (χ0v) is 12.6. The average molecular weight is 272 g/mol. The molecular weight excluding hydrogens is 248 g/mol. The maximum atomic E-state index is 9.08. The Bertz CT molecular complexity index is 470. The monoisotopic (exact) mass is 272 g/mol. The summed E-state index contributed by atoms with van der Waals surface area (Å²) in [7, 11) is 0. The van der Waals surface area contributed by atoms with Gasteiger partial charge in [0, 0.05) is 31.9 Å². The first-order valence-electron chi connectivity index (χ1n) is 7.42. The van der Waals surface area contributed by atoms with E-state index in [0.717, 1.165) is 18.4 Å². The SMILES string of the molecule is CC1CC(C)CN(CC(C)Nc2ncccc2C#N)C1. The van der Waals surface area contributed by atoms with E-state index in [1.165, 1.54) is 19.5 Å². The summed E-state index contributed by atoms with van der Waals surface area (Å²) in [6, 6.07) is 6.06. The summed E-state index contributed by atoms with van der Waals surface area (Å²) in [4.78, 5) is 6.78. The third-order valence-corrected chi connectivity index (χ3v) is 3.79. The van der Waals surface area contributed by atoms with Crippen LogP contribution in [-0.2, 0) is 0 Å². The molecule has 1 aromatic heterocycles. The van der Waals surface area contributed by atoms with Gasteiger partial charge in [0.1, 0.15) is 11.9 Å². The van der Waals surface area contributed by atoms with Crippen molar-refractivity contribution in [3.05, 3.63) is 23.9 Å². The summed E-state index contributed by atoms with van der Waals surface area (Å²) in [6.45, 7) is 10.1. The summed E-state index contributed by atoms with van der Waals surface area (Å²) in [6.07, 6.45) is 3.05. The summed E-state index contributed by atoms with van der Waals surface area (Å²) >= 11 is 0. The zero-order chi connectivity index (χ0) is 14.5. The lowest BCUT2D eigenvalue weighted by atomic mass is 9.92. The van der Waals surface area contributed by atoms with Crippen molar-refractivity contribution < 1.29 is 0 Å². The highest BCUT2D eigenvalue weighted by Gasteiger charge is 2.23. The van der Waals surface area contributed by atoms with E-state index in [4.69, 9.17) is 5.26 Å². The van der Waals surface area contributed by atoms with Gasteiger partial charge in [-0.3, -0.25) is 0 Å². The second-order valence-electron chi connectivity index (χ2n) is 6.22. The molecule has 0 aromatic carbocycles. The number of anilines is 1. The van der Waals surface area contributed by atoms with Gasteiger partial charge in [-0.15, -0.1) is 0 Å². The van der Waals surface area contributed by atoms with Crippen LogP contribution in [0.25, 0.3) is 0 Å². The van der Waals surface area contributed by atoms with Crippen LogP contribution in [0.15, 0.2) is 18.3 Å². The number of rotatable bonds is 4. The van der Waals surface area contributed by atoms with Gasteiger partial charge in [0.05, 0.1) is 5.56 Å². The van der Waals surface area contributed by atoms with Crippen LogP contribution >= 0.6 is 0 Å². The van der Waals surface area contributed by atoms with Gasteiger partial charge < -0.3 is 10.2 Å². The van der Waals surface area contributed by atoms with Gasteiger partial charge in [0.15, 0.2) is 0 Å². The molecule has 1 fully saturated rings. The number of hydrogen-bond acceptors (Lipinski definition) is 4. The molecule has 0 bridgehead atoms. The molecule has 4 heteroatoms. The second kappa shape index (κ2) is 6.71. The highest BCUT2D eigenvalue weighted by Crippen LogP contribution is 2.21. The van der Waals surface area contributed by atoms with Gasteiger partial charge >= 0.3 is 0 Å². The number of nitriles is 1. The molecule has 1 N–H and O–H groups in total. The van der Waals surface area contributed by atoms with Crippen molar-refractivity contribution in [2.45, 2.75) is 33.2 Å². The third-order valence-electron chi connectivity index (χ3n) is 3.79. The van der Waals surface area contributed by atoms with Gasteiger partial charge in [0.25, 0.3) is 0 Å². The van der Waals surface area contributed by atoms with Crippen molar-refractivity contribution in [2.24, 2.45) is 11.8 Å².